The van der Waals surface area contributed by atoms with Crippen LogP contribution in [0.1, 0.15) is 53.9 Å². The molecule has 1 fully saturated rings. The maximum atomic E-state index is 13.0. The third-order valence-corrected chi connectivity index (χ3v) is 6.02. The van der Waals surface area contributed by atoms with Crippen LogP contribution in [0.15, 0.2) is 30.3 Å². The molecule has 4 unspecified atom stereocenters. The van der Waals surface area contributed by atoms with Gasteiger partial charge in [-0.15, -0.1) is 10.3 Å². The summed E-state index contributed by atoms with van der Waals surface area (Å²) in [5.41, 5.74) is -0.171. The number of carbonyl (C=O) groups is 1. The molecule has 5 heteroatoms. The molecule has 2 rings (SSSR count). The number of piperidine rings is 1. The van der Waals surface area contributed by atoms with Crippen molar-refractivity contribution in [2.45, 2.75) is 71.0 Å². The minimum Gasteiger partial charge on any atom is -0.335 e. The van der Waals surface area contributed by atoms with E-state index < -0.39 is 11.1 Å². The Hall–Kier alpha value is -1.59. The van der Waals surface area contributed by atoms with Crippen molar-refractivity contribution >= 4 is 11.7 Å². The molecule has 0 spiro atoms. The van der Waals surface area contributed by atoms with Crippen molar-refractivity contribution < 1.29 is 10.0 Å². The SMILES string of the molecule is CCC1(C)CC(NC(=O)Nc2ccccc2)C(C)C(C)(CC)N1[O]. The standard InChI is InChI=1S/C19H30N3O2/c1-6-18(4)13-16(14(3)19(5,7-2)22(18)24)21-17(23)20-15-11-9-8-10-12-15/h8-12,14,16H,6-7,13H2,1-5H3,(H2,20,21,23). The zero-order valence-electron chi connectivity index (χ0n) is 15.4. The number of nitrogens with one attached hydrogen (secondary N) is 2. The minimum atomic E-state index is -0.478. The molecule has 0 bridgehead atoms. The van der Waals surface area contributed by atoms with Gasteiger partial charge < -0.3 is 10.6 Å². The van der Waals surface area contributed by atoms with Crippen LogP contribution in [0.5, 0.6) is 0 Å². The van der Waals surface area contributed by atoms with E-state index in [2.05, 4.69) is 17.6 Å². The van der Waals surface area contributed by atoms with Crippen molar-refractivity contribution in [3.63, 3.8) is 0 Å². The zero-order valence-corrected chi connectivity index (χ0v) is 15.4. The highest BCUT2D eigenvalue weighted by Crippen LogP contribution is 2.44. The van der Waals surface area contributed by atoms with Gasteiger partial charge in [0.25, 0.3) is 0 Å². The van der Waals surface area contributed by atoms with Gasteiger partial charge in [0.1, 0.15) is 0 Å². The van der Waals surface area contributed by atoms with Crippen LogP contribution in [0.4, 0.5) is 10.5 Å². The molecular weight excluding hydrogens is 302 g/mol. The molecule has 4 atom stereocenters. The molecule has 1 aliphatic heterocycles. The fourth-order valence-electron chi connectivity index (χ4n) is 3.76. The fraction of sp³-hybridized carbons (Fsp3) is 0.632. The van der Waals surface area contributed by atoms with Crippen LogP contribution in [0.2, 0.25) is 0 Å². The van der Waals surface area contributed by atoms with Gasteiger partial charge in [0.05, 0.1) is 5.54 Å². The predicted octanol–water partition coefficient (Wildman–Crippen LogP) is 4.20. The lowest BCUT2D eigenvalue weighted by Crippen LogP contribution is -2.68. The normalized spacial score (nSPS) is 33.9. The van der Waals surface area contributed by atoms with Crippen molar-refractivity contribution in [1.29, 1.82) is 0 Å². The van der Waals surface area contributed by atoms with E-state index in [1.54, 1.807) is 0 Å². The Labute approximate surface area is 145 Å². The summed E-state index contributed by atoms with van der Waals surface area (Å²) in [5.74, 6) is 0.0705. The minimum absolute atomic E-state index is 0.0335. The summed E-state index contributed by atoms with van der Waals surface area (Å²) in [7, 11) is 0. The first-order chi connectivity index (χ1) is 11.3. The van der Waals surface area contributed by atoms with Crippen molar-refractivity contribution in [2.24, 2.45) is 5.92 Å². The van der Waals surface area contributed by atoms with Crippen molar-refractivity contribution in [3.05, 3.63) is 30.3 Å². The first kappa shape index (κ1) is 18.7. The largest absolute Gasteiger partial charge is 0.335 e. The topological polar surface area (TPSA) is 64.3 Å². The molecule has 2 amide bonds. The van der Waals surface area contributed by atoms with Crippen LogP contribution in [0, 0.1) is 5.92 Å². The Morgan fingerprint density at radius 3 is 2.38 bits per heavy atom. The molecule has 5 nitrogen and oxygen atoms in total. The molecular formula is C19H30N3O2. The zero-order chi connectivity index (χ0) is 18.0. The predicted molar refractivity (Wildman–Crippen MR) is 96.1 cm³/mol. The number of anilines is 1. The molecule has 0 saturated carbocycles. The lowest BCUT2D eigenvalue weighted by molar-refractivity contribution is -0.313. The first-order valence-electron chi connectivity index (χ1n) is 8.87. The summed E-state index contributed by atoms with van der Waals surface area (Å²) in [6.07, 6.45) is 2.18. The lowest BCUT2D eigenvalue weighted by atomic mass is 9.68. The molecule has 24 heavy (non-hydrogen) atoms. The molecule has 0 aliphatic carbocycles. The Morgan fingerprint density at radius 1 is 1.21 bits per heavy atom. The highest BCUT2D eigenvalue weighted by molar-refractivity contribution is 5.89. The quantitative estimate of drug-likeness (QED) is 0.868. The van der Waals surface area contributed by atoms with Gasteiger partial charge in [0.15, 0.2) is 0 Å². The second kappa shape index (κ2) is 7.11. The number of hydrogen-bond donors (Lipinski definition) is 2. The van der Waals surface area contributed by atoms with E-state index in [1.165, 1.54) is 5.06 Å². The van der Waals surface area contributed by atoms with E-state index in [9.17, 15) is 10.0 Å². The van der Waals surface area contributed by atoms with Crippen molar-refractivity contribution in [1.82, 2.24) is 10.4 Å². The maximum absolute atomic E-state index is 13.0. The van der Waals surface area contributed by atoms with Gasteiger partial charge in [0.2, 0.25) is 0 Å². The number of amides is 2. The highest BCUT2D eigenvalue weighted by Gasteiger charge is 2.53. The van der Waals surface area contributed by atoms with E-state index in [1.807, 2.05) is 58.0 Å². The van der Waals surface area contributed by atoms with Crippen LogP contribution in [-0.2, 0) is 5.21 Å². The third kappa shape index (κ3) is 3.42. The van der Waals surface area contributed by atoms with E-state index in [4.69, 9.17) is 0 Å². The number of rotatable bonds is 4. The van der Waals surface area contributed by atoms with Gasteiger partial charge in [-0.3, -0.25) is 0 Å². The smallest absolute Gasteiger partial charge is 0.319 e. The summed E-state index contributed by atoms with van der Waals surface area (Å²) in [6.45, 7) is 10.2. The molecule has 0 aromatic heterocycles. The van der Waals surface area contributed by atoms with Gasteiger partial charge in [0, 0.05) is 17.3 Å². The number of para-hydroxylation sites is 1. The molecule has 1 heterocycles. The second-order valence-corrected chi connectivity index (χ2v) is 7.42. The first-order valence-corrected chi connectivity index (χ1v) is 8.87. The number of carbonyl (C=O) groups excluding carboxylic acids is 1. The summed E-state index contributed by atoms with van der Waals surface area (Å²) >= 11 is 0. The Kier molecular flexibility index (Phi) is 5.56. The summed E-state index contributed by atoms with van der Waals surface area (Å²) in [5, 5.41) is 20.2. The lowest BCUT2D eigenvalue weighted by Gasteiger charge is -2.56. The Morgan fingerprint density at radius 2 is 1.83 bits per heavy atom. The summed E-state index contributed by atoms with van der Waals surface area (Å²) in [4.78, 5) is 12.4. The van der Waals surface area contributed by atoms with Crippen LogP contribution in [0.25, 0.3) is 0 Å². The van der Waals surface area contributed by atoms with E-state index in [0.29, 0.717) is 6.42 Å². The maximum Gasteiger partial charge on any atom is 0.319 e. The summed E-state index contributed by atoms with van der Waals surface area (Å²) in [6, 6.07) is 9.15. The molecule has 1 aliphatic rings. The number of benzene rings is 1. The fourth-order valence-corrected chi connectivity index (χ4v) is 3.76. The van der Waals surface area contributed by atoms with Gasteiger partial charge in [-0.25, -0.2) is 4.79 Å². The van der Waals surface area contributed by atoms with Crippen molar-refractivity contribution in [3.8, 4) is 0 Å². The van der Waals surface area contributed by atoms with Crippen LogP contribution in [0.3, 0.4) is 0 Å². The summed E-state index contributed by atoms with van der Waals surface area (Å²) < 4.78 is 0. The molecule has 133 valence electrons. The van der Waals surface area contributed by atoms with E-state index in [-0.39, 0.29) is 18.0 Å². The van der Waals surface area contributed by atoms with Gasteiger partial charge in [-0.05, 0) is 51.2 Å². The monoisotopic (exact) mass is 332 g/mol. The molecule has 2 N–H and O–H groups in total. The number of hydroxylamine groups is 2. The average molecular weight is 332 g/mol. The van der Waals surface area contributed by atoms with Gasteiger partial charge in [-0.1, -0.05) is 39.0 Å². The molecule has 1 aromatic carbocycles. The van der Waals surface area contributed by atoms with E-state index >= 15 is 0 Å². The van der Waals surface area contributed by atoms with Crippen molar-refractivity contribution in [2.75, 3.05) is 5.32 Å². The van der Waals surface area contributed by atoms with Crippen LogP contribution >= 0.6 is 0 Å². The number of hydrogen-bond acceptors (Lipinski definition) is 2. The third-order valence-electron chi connectivity index (χ3n) is 6.02. The highest BCUT2D eigenvalue weighted by atomic mass is 16.5. The van der Waals surface area contributed by atoms with Gasteiger partial charge in [-0.2, -0.15) is 0 Å². The van der Waals surface area contributed by atoms with Crippen LogP contribution in [-0.4, -0.2) is 28.2 Å². The van der Waals surface area contributed by atoms with E-state index in [0.717, 1.165) is 18.5 Å². The molecule has 1 radical (unpaired) electrons. The Balaban J connectivity index is 2.15. The molecule has 1 aromatic rings. The number of nitrogens with zero attached hydrogens (tertiary/aromatic N) is 1. The molecule has 1 saturated heterocycles. The van der Waals surface area contributed by atoms with Gasteiger partial charge >= 0.3 is 6.03 Å². The average Bonchev–Trinajstić information content (AvgIpc) is 2.58. The number of urea groups is 1. The van der Waals surface area contributed by atoms with Crippen LogP contribution < -0.4 is 10.6 Å². The Bertz CT molecular complexity index is 565. The second-order valence-electron chi connectivity index (χ2n) is 7.42.